The molecule has 108 valence electrons. The lowest BCUT2D eigenvalue weighted by Crippen LogP contribution is -2.05. The van der Waals surface area contributed by atoms with Gasteiger partial charge in [-0.2, -0.15) is 10.5 Å². The maximum Gasteiger partial charge on any atom is 0.221 e. The lowest BCUT2D eigenvalue weighted by atomic mass is 10.1. The number of carbonyl (C=O) groups excluding carboxylic acids is 1. The van der Waals surface area contributed by atoms with Crippen molar-refractivity contribution >= 4 is 28.7 Å². The topological polar surface area (TPSA) is 115 Å². The monoisotopic (exact) mass is 291 g/mol. The van der Waals surface area contributed by atoms with Gasteiger partial charge in [-0.1, -0.05) is 0 Å². The van der Waals surface area contributed by atoms with Crippen molar-refractivity contribution in [2.24, 2.45) is 0 Å². The molecule has 0 radical (unpaired) electrons. The number of nitrogens with zero attached hydrogens (tertiary/aromatic N) is 2. The SMILES string of the molecule is CC(=O)Nc1ccc(Nc2cc(C#N)c(C#N)cc2N)cc1. The zero-order chi connectivity index (χ0) is 16.1. The summed E-state index contributed by atoms with van der Waals surface area (Å²) in [6.07, 6.45) is 0. The molecule has 0 saturated carbocycles. The number of hydrogen-bond acceptors (Lipinski definition) is 5. The molecule has 6 nitrogen and oxygen atoms in total. The Morgan fingerprint density at radius 1 is 1.05 bits per heavy atom. The number of benzene rings is 2. The molecule has 6 heteroatoms. The third-order valence-electron chi connectivity index (χ3n) is 2.91. The Morgan fingerprint density at radius 2 is 1.59 bits per heavy atom. The summed E-state index contributed by atoms with van der Waals surface area (Å²) >= 11 is 0. The number of amides is 1. The maximum atomic E-state index is 11.0. The van der Waals surface area contributed by atoms with Crippen LogP contribution < -0.4 is 16.4 Å². The lowest BCUT2D eigenvalue weighted by Gasteiger charge is -2.11. The molecule has 0 aromatic heterocycles. The minimum atomic E-state index is -0.143. The fraction of sp³-hybridized carbons (Fsp3) is 0.0625. The van der Waals surface area contributed by atoms with Crippen molar-refractivity contribution in [2.75, 3.05) is 16.4 Å². The van der Waals surface area contributed by atoms with Gasteiger partial charge in [0.2, 0.25) is 5.91 Å². The van der Waals surface area contributed by atoms with Crippen molar-refractivity contribution in [3.63, 3.8) is 0 Å². The van der Waals surface area contributed by atoms with Crippen molar-refractivity contribution in [1.29, 1.82) is 10.5 Å². The van der Waals surface area contributed by atoms with Gasteiger partial charge in [0.05, 0.1) is 22.5 Å². The third kappa shape index (κ3) is 3.33. The Balaban J connectivity index is 2.26. The average Bonchev–Trinajstić information content (AvgIpc) is 2.50. The molecule has 0 atom stereocenters. The second-order valence-electron chi connectivity index (χ2n) is 4.59. The van der Waals surface area contributed by atoms with E-state index in [4.69, 9.17) is 16.3 Å². The van der Waals surface area contributed by atoms with E-state index in [0.717, 1.165) is 5.69 Å². The maximum absolute atomic E-state index is 11.0. The molecule has 4 N–H and O–H groups in total. The molecule has 2 rings (SSSR count). The van der Waals surface area contributed by atoms with Crippen molar-refractivity contribution in [3.05, 3.63) is 47.5 Å². The molecule has 0 saturated heterocycles. The largest absolute Gasteiger partial charge is 0.397 e. The number of nitrogens with one attached hydrogen (secondary N) is 2. The highest BCUT2D eigenvalue weighted by molar-refractivity contribution is 5.89. The van der Waals surface area contributed by atoms with Crippen molar-refractivity contribution < 1.29 is 4.79 Å². The third-order valence-corrected chi connectivity index (χ3v) is 2.91. The van der Waals surface area contributed by atoms with Gasteiger partial charge in [-0.05, 0) is 36.4 Å². The lowest BCUT2D eigenvalue weighted by molar-refractivity contribution is -0.114. The molecule has 22 heavy (non-hydrogen) atoms. The Kier molecular flexibility index (Phi) is 4.26. The van der Waals surface area contributed by atoms with Crippen LogP contribution in [-0.4, -0.2) is 5.91 Å². The van der Waals surface area contributed by atoms with Crippen molar-refractivity contribution in [2.45, 2.75) is 6.92 Å². The summed E-state index contributed by atoms with van der Waals surface area (Å²) in [7, 11) is 0. The molecule has 2 aromatic carbocycles. The number of carbonyl (C=O) groups is 1. The summed E-state index contributed by atoms with van der Waals surface area (Å²) in [5.41, 5.74) is 8.73. The van der Waals surface area contributed by atoms with E-state index < -0.39 is 0 Å². The predicted molar refractivity (Wildman–Crippen MR) is 84.3 cm³/mol. The molecule has 0 aliphatic rings. The Bertz CT molecular complexity index is 797. The number of nitriles is 2. The molecule has 0 unspecified atom stereocenters. The summed E-state index contributed by atoms with van der Waals surface area (Å²) in [5.74, 6) is -0.143. The molecule has 1 amide bonds. The molecule has 0 spiro atoms. The Labute approximate surface area is 127 Å². The van der Waals surface area contributed by atoms with Crippen LogP contribution in [0.15, 0.2) is 36.4 Å². The van der Waals surface area contributed by atoms with Crippen LogP contribution in [0, 0.1) is 22.7 Å². The summed E-state index contributed by atoms with van der Waals surface area (Å²) < 4.78 is 0. The summed E-state index contributed by atoms with van der Waals surface area (Å²) in [5, 5.41) is 23.7. The van der Waals surface area contributed by atoms with Crippen LogP contribution in [0.2, 0.25) is 0 Å². The van der Waals surface area contributed by atoms with Crippen LogP contribution in [0.3, 0.4) is 0 Å². The number of nitrogen functional groups attached to an aromatic ring is 1. The fourth-order valence-corrected chi connectivity index (χ4v) is 1.91. The first kappa shape index (κ1) is 14.9. The molecule has 0 aliphatic carbocycles. The zero-order valence-corrected chi connectivity index (χ0v) is 11.8. The van der Waals surface area contributed by atoms with Crippen LogP contribution >= 0.6 is 0 Å². The highest BCUT2D eigenvalue weighted by Crippen LogP contribution is 2.27. The Morgan fingerprint density at radius 3 is 2.14 bits per heavy atom. The summed E-state index contributed by atoms with van der Waals surface area (Å²) in [6.45, 7) is 1.44. The van der Waals surface area contributed by atoms with Gasteiger partial charge in [0, 0.05) is 18.3 Å². The molecular weight excluding hydrogens is 278 g/mol. The molecule has 0 fully saturated rings. The van der Waals surface area contributed by atoms with Crippen LogP contribution in [0.5, 0.6) is 0 Å². The van der Waals surface area contributed by atoms with E-state index >= 15 is 0 Å². The van der Waals surface area contributed by atoms with Gasteiger partial charge in [0.1, 0.15) is 12.1 Å². The summed E-state index contributed by atoms with van der Waals surface area (Å²) in [6, 6.07) is 13.9. The molecular formula is C16H13N5O. The van der Waals surface area contributed by atoms with Gasteiger partial charge in [0.25, 0.3) is 0 Å². The fourth-order valence-electron chi connectivity index (χ4n) is 1.91. The van der Waals surface area contributed by atoms with E-state index in [1.54, 1.807) is 24.3 Å². The van der Waals surface area contributed by atoms with E-state index in [-0.39, 0.29) is 17.0 Å². The van der Waals surface area contributed by atoms with Crippen LogP contribution in [0.4, 0.5) is 22.7 Å². The second-order valence-corrected chi connectivity index (χ2v) is 4.59. The molecule has 0 heterocycles. The Hall–Kier alpha value is -3.51. The van der Waals surface area contributed by atoms with E-state index in [1.165, 1.54) is 19.1 Å². The minimum absolute atomic E-state index is 0.143. The number of nitrogens with two attached hydrogens (primary N) is 1. The predicted octanol–water partition coefficient (Wildman–Crippen LogP) is 2.71. The van der Waals surface area contributed by atoms with Gasteiger partial charge in [-0.3, -0.25) is 4.79 Å². The molecule has 2 aromatic rings. The number of hydrogen-bond donors (Lipinski definition) is 3. The van der Waals surface area contributed by atoms with Crippen molar-refractivity contribution in [3.8, 4) is 12.1 Å². The molecule has 0 aliphatic heterocycles. The quantitative estimate of drug-likeness (QED) is 0.752. The minimum Gasteiger partial charge on any atom is -0.397 e. The van der Waals surface area contributed by atoms with Gasteiger partial charge < -0.3 is 16.4 Å². The smallest absolute Gasteiger partial charge is 0.221 e. The van der Waals surface area contributed by atoms with Gasteiger partial charge in [-0.15, -0.1) is 0 Å². The van der Waals surface area contributed by atoms with Crippen LogP contribution in [0.1, 0.15) is 18.1 Å². The average molecular weight is 291 g/mol. The second kappa shape index (κ2) is 6.29. The highest BCUT2D eigenvalue weighted by Gasteiger charge is 2.08. The van der Waals surface area contributed by atoms with Crippen LogP contribution in [0.25, 0.3) is 0 Å². The van der Waals surface area contributed by atoms with Crippen molar-refractivity contribution in [1.82, 2.24) is 0 Å². The normalized spacial score (nSPS) is 9.41. The zero-order valence-electron chi connectivity index (χ0n) is 11.8. The van der Waals surface area contributed by atoms with E-state index in [0.29, 0.717) is 17.1 Å². The standard InChI is InChI=1S/C16H13N5O/c1-10(22)20-13-2-4-14(5-3-13)21-16-7-12(9-18)11(8-17)6-15(16)19/h2-7,21H,19H2,1H3,(H,20,22). The number of rotatable bonds is 3. The first-order valence-electron chi connectivity index (χ1n) is 6.42. The highest BCUT2D eigenvalue weighted by atomic mass is 16.1. The first-order chi connectivity index (χ1) is 10.5. The van der Waals surface area contributed by atoms with E-state index in [1.807, 2.05) is 12.1 Å². The van der Waals surface area contributed by atoms with Gasteiger partial charge >= 0.3 is 0 Å². The number of anilines is 4. The van der Waals surface area contributed by atoms with E-state index in [2.05, 4.69) is 10.6 Å². The van der Waals surface area contributed by atoms with Gasteiger partial charge in [0.15, 0.2) is 0 Å². The molecule has 0 bridgehead atoms. The van der Waals surface area contributed by atoms with E-state index in [9.17, 15) is 4.79 Å². The summed E-state index contributed by atoms with van der Waals surface area (Å²) in [4.78, 5) is 11.0. The van der Waals surface area contributed by atoms with Crippen LogP contribution in [-0.2, 0) is 4.79 Å². The first-order valence-corrected chi connectivity index (χ1v) is 6.42. The van der Waals surface area contributed by atoms with Gasteiger partial charge in [-0.25, -0.2) is 0 Å².